The highest BCUT2D eigenvalue weighted by molar-refractivity contribution is 5.92. The molecule has 0 saturated carbocycles. The van der Waals surface area contributed by atoms with Gasteiger partial charge in [-0.1, -0.05) is 30.3 Å². The van der Waals surface area contributed by atoms with Crippen molar-refractivity contribution in [2.24, 2.45) is 9.98 Å². The maximum atomic E-state index is 11.1. The van der Waals surface area contributed by atoms with E-state index in [0.717, 1.165) is 39.0 Å². The largest absolute Gasteiger partial charge is 0.505 e. The van der Waals surface area contributed by atoms with Crippen LogP contribution in [0.1, 0.15) is 16.7 Å². The number of hydrogen-bond donors (Lipinski definition) is 1. The number of phenolic OH excluding ortho intramolecular Hbond substituents is 1. The molecular formula is C26H24N6O. The van der Waals surface area contributed by atoms with E-state index < -0.39 is 0 Å². The molecule has 1 aliphatic rings. The van der Waals surface area contributed by atoms with E-state index >= 15 is 0 Å². The molecule has 164 valence electrons. The first-order chi connectivity index (χ1) is 16.1. The summed E-state index contributed by atoms with van der Waals surface area (Å²) in [5.41, 5.74) is 7.24. The lowest BCUT2D eigenvalue weighted by Gasteiger charge is -2.21. The van der Waals surface area contributed by atoms with Gasteiger partial charge < -0.3 is 10.0 Å². The summed E-state index contributed by atoms with van der Waals surface area (Å²) in [5.74, 6) is 0.186. The number of anilines is 1. The lowest BCUT2D eigenvalue weighted by molar-refractivity contribution is 0.460. The number of hydrogen-bond acceptors (Lipinski definition) is 6. The maximum absolute atomic E-state index is 11.1. The first kappa shape index (κ1) is 20.6. The van der Waals surface area contributed by atoms with Gasteiger partial charge in [0.2, 0.25) is 0 Å². The second-order valence-corrected chi connectivity index (χ2v) is 8.17. The molecule has 1 aliphatic heterocycles. The Bertz CT molecular complexity index is 1370. The summed E-state index contributed by atoms with van der Waals surface area (Å²) in [6.07, 6.45) is 5.50. The minimum atomic E-state index is 0.186. The molecule has 33 heavy (non-hydrogen) atoms. The van der Waals surface area contributed by atoms with E-state index in [9.17, 15) is 5.11 Å². The number of aliphatic imine (C=N–C) groups is 2. The van der Waals surface area contributed by atoms with Crippen molar-refractivity contribution < 1.29 is 5.11 Å². The van der Waals surface area contributed by atoms with E-state index in [0.29, 0.717) is 18.8 Å². The zero-order valence-corrected chi connectivity index (χ0v) is 18.6. The first-order valence-corrected chi connectivity index (χ1v) is 10.7. The van der Waals surface area contributed by atoms with Crippen LogP contribution in [-0.4, -0.2) is 46.2 Å². The summed E-state index contributed by atoms with van der Waals surface area (Å²) in [6.45, 7) is 3.21. The zero-order chi connectivity index (χ0) is 22.8. The Morgan fingerprint density at radius 1 is 1.03 bits per heavy atom. The van der Waals surface area contributed by atoms with Crippen molar-refractivity contribution >= 4 is 35.3 Å². The molecule has 7 nitrogen and oxygen atoms in total. The molecule has 1 N–H and O–H groups in total. The van der Waals surface area contributed by atoms with Gasteiger partial charge in [-0.3, -0.25) is 4.99 Å². The average Bonchev–Trinajstić information content (AvgIpc) is 3.26. The van der Waals surface area contributed by atoms with Crippen LogP contribution >= 0.6 is 0 Å². The van der Waals surface area contributed by atoms with Crippen molar-refractivity contribution in [1.82, 2.24) is 15.0 Å². The maximum Gasteiger partial charge on any atom is 0.148 e. The molecular weight excluding hydrogens is 412 g/mol. The molecule has 2 heterocycles. The van der Waals surface area contributed by atoms with Gasteiger partial charge in [0.15, 0.2) is 0 Å². The molecule has 0 fully saturated rings. The van der Waals surface area contributed by atoms with Crippen LogP contribution in [0.2, 0.25) is 0 Å². The van der Waals surface area contributed by atoms with E-state index in [4.69, 9.17) is 0 Å². The van der Waals surface area contributed by atoms with Crippen molar-refractivity contribution in [3.8, 4) is 11.4 Å². The molecule has 0 bridgehead atoms. The van der Waals surface area contributed by atoms with Gasteiger partial charge in [0.05, 0.1) is 6.54 Å². The third kappa shape index (κ3) is 4.39. The molecule has 7 heteroatoms. The fraction of sp³-hybridized carbons (Fsp3) is 0.154. The number of benzene rings is 3. The highest BCUT2D eigenvalue weighted by Crippen LogP contribution is 2.30. The van der Waals surface area contributed by atoms with Crippen LogP contribution < -0.4 is 4.90 Å². The fourth-order valence-electron chi connectivity index (χ4n) is 3.91. The SMILES string of the molecule is Cc1cc(CN(C)c2ccc(C=C3C=NC=NC3)cc2)c(O)c(-n2nc3ccccc3n2)c1. The molecule has 1 aromatic heterocycles. The smallest absolute Gasteiger partial charge is 0.148 e. The summed E-state index contributed by atoms with van der Waals surface area (Å²) in [5, 5.41) is 20.1. The van der Waals surface area contributed by atoms with E-state index in [1.807, 2.05) is 56.6 Å². The molecule has 0 amide bonds. The molecule has 0 saturated heterocycles. The third-order valence-electron chi connectivity index (χ3n) is 5.57. The molecule has 0 aliphatic carbocycles. The monoisotopic (exact) mass is 436 g/mol. The van der Waals surface area contributed by atoms with Crippen LogP contribution in [0, 0.1) is 6.92 Å². The molecule has 0 radical (unpaired) electrons. The zero-order valence-electron chi connectivity index (χ0n) is 18.6. The number of aryl methyl sites for hydroxylation is 1. The summed E-state index contributed by atoms with van der Waals surface area (Å²) >= 11 is 0. The summed E-state index contributed by atoms with van der Waals surface area (Å²) in [6, 6.07) is 19.9. The van der Waals surface area contributed by atoms with Gasteiger partial charge in [0.25, 0.3) is 0 Å². The van der Waals surface area contributed by atoms with Crippen LogP contribution in [0.15, 0.2) is 76.2 Å². The van der Waals surface area contributed by atoms with E-state index in [1.54, 1.807) is 6.34 Å². The minimum Gasteiger partial charge on any atom is -0.505 e. The van der Waals surface area contributed by atoms with Crippen molar-refractivity contribution in [3.05, 3.63) is 82.9 Å². The Balaban J connectivity index is 1.38. The molecule has 5 rings (SSSR count). The Kier molecular flexibility index (Phi) is 5.44. The topological polar surface area (TPSA) is 78.9 Å². The van der Waals surface area contributed by atoms with Crippen molar-refractivity contribution in [2.75, 3.05) is 18.5 Å². The number of fused-ring (bicyclic) bond motifs is 1. The van der Waals surface area contributed by atoms with Gasteiger partial charge >= 0.3 is 0 Å². The van der Waals surface area contributed by atoms with Crippen molar-refractivity contribution in [2.45, 2.75) is 13.5 Å². The van der Waals surface area contributed by atoms with E-state index in [1.165, 1.54) is 4.80 Å². The predicted molar refractivity (Wildman–Crippen MR) is 134 cm³/mol. The van der Waals surface area contributed by atoms with Crippen molar-refractivity contribution in [3.63, 3.8) is 0 Å². The third-order valence-corrected chi connectivity index (χ3v) is 5.57. The normalized spacial score (nSPS) is 14.3. The Morgan fingerprint density at radius 2 is 1.76 bits per heavy atom. The predicted octanol–water partition coefficient (Wildman–Crippen LogP) is 4.57. The quantitative estimate of drug-likeness (QED) is 0.497. The Morgan fingerprint density at radius 3 is 2.42 bits per heavy atom. The summed E-state index contributed by atoms with van der Waals surface area (Å²) < 4.78 is 0. The van der Waals surface area contributed by atoms with Crippen LogP contribution in [0.4, 0.5) is 5.69 Å². The van der Waals surface area contributed by atoms with Gasteiger partial charge in [-0.25, -0.2) is 4.99 Å². The number of aromatic nitrogens is 3. The van der Waals surface area contributed by atoms with Gasteiger partial charge in [-0.15, -0.1) is 15.0 Å². The second kappa shape index (κ2) is 8.70. The average molecular weight is 437 g/mol. The molecule has 4 aromatic rings. The number of aromatic hydroxyl groups is 1. The van der Waals surface area contributed by atoms with Gasteiger partial charge in [-0.2, -0.15) is 0 Å². The van der Waals surface area contributed by atoms with E-state index in [2.05, 4.69) is 55.4 Å². The van der Waals surface area contributed by atoms with Crippen molar-refractivity contribution in [1.29, 1.82) is 0 Å². The highest BCUT2D eigenvalue weighted by Gasteiger charge is 2.15. The summed E-state index contributed by atoms with van der Waals surface area (Å²) in [4.78, 5) is 11.9. The molecule has 0 unspecified atom stereocenters. The van der Waals surface area contributed by atoms with Crippen LogP contribution in [0.3, 0.4) is 0 Å². The number of rotatable bonds is 5. The molecule has 0 spiro atoms. The van der Waals surface area contributed by atoms with Gasteiger partial charge in [0, 0.05) is 31.1 Å². The van der Waals surface area contributed by atoms with Crippen LogP contribution in [-0.2, 0) is 6.54 Å². The first-order valence-electron chi connectivity index (χ1n) is 10.7. The molecule has 0 atom stereocenters. The fourth-order valence-corrected chi connectivity index (χ4v) is 3.91. The Labute approximate surface area is 192 Å². The lowest BCUT2D eigenvalue weighted by Crippen LogP contribution is -2.17. The molecule has 3 aromatic carbocycles. The number of nitrogens with zero attached hydrogens (tertiary/aromatic N) is 6. The van der Waals surface area contributed by atoms with E-state index in [-0.39, 0.29) is 5.75 Å². The minimum absolute atomic E-state index is 0.186. The Hall–Kier alpha value is -4.26. The summed E-state index contributed by atoms with van der Waals surface area (Å²) in [7, 11) is 2.01. The standard InChI is InChI=1S/C26H24N6O/c1-18-11-21(26(33)25(12-18)32-29-23-5-3-4-6-24(23)30-32)16-31(2)22-9-7-19(8-10-22)13-20-14-27-17-28-15-20/h3-14,17,33H,15-16H2,1-2H3. The highest BCUT2D eigenvalue weighted by atomic mass is 16.3. The van der Waals surface area contributed by atoms with Gasteiger partial charge in [-0.05, 0) is 60.0 Å². The van der Waals surface area contributed by atoms with Gasteiger partial charge in [0.1, 0.15) is 28.8 Å². The number of phenols is 1. The van der Waals surface area contributed by atoms with Crippen LogP contribution in [0.5, 0.6) is 5.75 Å². The second-order valence-electron chi connectivity index (χ2n) is 8.17. The van der Waals surface area contributed by atoms with Crippen LogP contribution in [0.25, 0.3) is 22.8 Å². The lowest BCUT2D eigenvalue weighted by atomic mass is 10.1.